The average Bonchev–Trinajstić information content (AvgIpc) is 2.68. The predicted molar refractivity (Wildman–Crippen MR) is 95.2 cm³/mol. The molecule has 26 heavy (non-hydrogen) atoms. The van der Waals surface area contributed by atoms with Gasteiger partial charge in [-0.1, -0.05) is 19.9 Å². The van der Waals surface area contributed by atoms with E-state index in [9.17, 15) is 9.59 Å². The summed E-state index contributed by atoms with van der Waals surface area (Å²) in [4.78, 5) is 32.3. The first-order valence-corrected chi connectivity index (χ1v) is 8.18. The molecule has 2 aromatic carbocycles. The van der Waals surface area contributed by atoms with Crippen molar-refractivity contribution < 1.29 is 28.8 Å². The molecular weight excluding hydrogens is 336 g/mol. The molecule has 136 valence electrons. The van der Waals surface area contributed by atoms with Crippen molar-refractivity contribution in [2.24, 2.45) is 0 Å². The third-order valence-corrected chi connectivity index (χ3v) is 3.28. The smallest absolute Gasteiger partial charge is 0.378 e. The highest BCUT2D eigenvalue weighted by Gasteiger charge is 2.10. The monoisotopic (exact) mass is 356 g/mol. The third kappa shape index (κ3) is 5.98. The number of esters is 1. The minimum atomic E-state index is -0.712. The Labute approximate surface area is 151 Å². The Hall–Kier alpha value is -3.28. The lowest BCUT2D eigenvalue weighted by atomic mass is 10.2. The molecule has 0 N–H and O–H groups in total. The lowest BCUT2D eigenvalue weighted by molar-refractivity contribution is -0.207. The van der Waals surface area contributed by atoms with Gasteiger partial charge in [0.15, 0.2) is 5.75 Å². The van der Waals surface area contributed by atoms with E-state index in [0.29, 0.717) is 17.9 Å². The molecule has 0 radical (unpaired) electrons. The van der Waals surface area contributed by atoms with Gasteiger partial charge in [0, 0.05) is 6.08 Å². The summed E-state index contributed by atoms with van der Waals surface area (Å²) in [6.07, 6.45) is 3.03. The van der Waals surface area contributed by atoms with Crippen LogP contribution in [0.15, 0.2) is 61.2 Å². The van der Waals surface area contributed by atoms with Gasteiger partial charge in [-0.25, -0.2) is 14.5 Å². The maximum atomic E-state index is 12.1. The first-order valence-electron chi connectivity index (χ1n) is 8.18. The first kappa shape index (κ1) is 19.1. The van der Waals surface area contributed by atoms with Crippen LogP contribution in [0.25, 0.3) is 0 Å². The van der Waals surface area contributed by atoms with Crippen molar-refractivity contribution in [1.82, 2.24) is 0 Å². The first-order chi connectivity index (χ1) is 12.6. The van der Waals surface area contributed by atoms with Crippen LogP contribution in [0.4, 0.5) is 0 Å². The van der Waals surface area contributed by atoms with E-state index in [1.165, 1.54) is 24.3 Å². The second-order valence-electron chi connectivity index (χ2n) is 5.28. The largest absolute Gasteiger partial charge is 0.494 e. The van der Waals surface area contributed by atoms with Crippen molar-refractivity contribution in [1.29, 1.82) is 0 Å². The highest BCUT2D eigenvalue weighted by Crippen LogP contribution is 2.20. The van der Waals surface area contributed by atoms with Gasteiger partial charge >= 0.3 is 11.9 Å². The summed E-state index contributed by atoms with van der Waals surface area (Å²) in [5, 5.41) is 0. The van der Waals surface area contributed by atoms with Gasteiger partial charge in [0.25, 0.3) is 0 Å². The summed E-state index contributed by atoms with van der Waals surface area (Å²) in [5.41, 5.74) is 0.329. The van der Waals surface area contributed by atoms with E-state index in [4.69, 9.17) is 14.4 Å². The zero-order valence-electron chi connectivity index (χ0n) is 14.5. The van der Waals surface area contributed by atoms with Gasteiger partial charge in [-0.3, -0.25) is 4.89 Å². The minimum absolute atomic E-state index is 0.269. The van der Waals surface area contributed by atoms with E-state index in [1.54, 1.807) is 24.3 Å². The summed E-state index contributed by atoms with van der Waals surface area (Å²) < 4.78 is 10.9. The van der Waals surface area contributed by atoms with Crippen molar-refractivity contribution in [3.8, 4) is 17.2 Å². The molecule has 0 saturated heterocycles. The van der Waals surface area contributed by atoms with Crippen LogP contribution in [-0.2, 0) is 9.68 Å². The molecule has 2 aromatic rings. The maximum absolute atomic E-state index is 12.1. The van der Waals surface area contributed by atoms with Crippen LogP contribution in [0, 0.1) is 0 Å². The molecule has 0 aliphatic rings. The van der Waals surface area contributed by atoms with Crippen molar-refractivity contribution in [2.45, 2.75) is 19.8 Å². The molecule has 2 rings (SSSR count). The molecule has 0 amide bonds. The van der Waals surface area contributed by atoms with Gasteiger partial charge in [0.05, 0.1) is 12.2 Å². The van der Waals surface area contributed by atoms with Crippen LogP contribution in [0.2, 0.25) is 0 Å². The molecule has 0 spiro atoms. The van der Waals surface area contributed by atoms with Gasteiger partial charge in [-0.15, -0.1) is 0 Å². The Bertz CT molecular complexity index is 734. The number of carbonyl (C=O) groups is 2. The molecule has 0 aromatic heterocycles. The molecule has 0 unspecified atom stereocenters. The van der Waals surface area contributed by atoms with Crippen LogP contribution in [0.5, 0.6) is 17.2 Å². The summed E-state index contributed by atoms with van der Waals surface area (Å²) in [5.74, 6) is 0.187. The van der Waals surface area contributed by atoms with Crippen molar-refractivity contribution in [3.05, 3.63) is 66.7 Å². The number of ether oxygens (including phenoxy) is 2. The number of unbranched alkanes of at least 4 members (excludes halogenated alkanes) is 1. The van der Waals surface area contributed by atoms with Crippen molar-refractivity contribution in [3.63, 3.8) is 0 Å². The number of hydrogen-bond donors (Lipinski definition) is 0. The van der Waals surface area contributed by atoms with E-state index < -0.39 is 11.9 Å². The van der Waals surface area contributed by atoms with Crippen LogP contribution in [0.3, 0.4) is 0 Å². The van der Waals surface area contributed by atoms with Crippen molar-refractivity contribution in [2.75, 3.05) is 6.61 Å². The lowest BCUT2D eigenvalue weighted by Gasteiger charge is -2.08. The highest BCUT2D eigenvalue weighted by atomic mass is 17.2. The topological polar surface area (TPSA) is 71.1 Å². The Morgan fingerprint density at radius 3 is 2.19 bits per heavy atom. The summed E-state index contributed by atoms with van der Waals surface area (Å²) in [6.45, 7) is 6.00. The Morgan fingerprint density at radius 1 is 0.962 bits per heavy atom. The minimum Gasteiger partial charge on any atom is -0.494 e. The SMILES string of the molecule is C=CC(=O)OOc1ccc(C(=O)Oc2ccc(OCCCC)cc2)cc1. The Kier molecular flexibility index (Phi) is 7.24. The molecule has 0 saturated carbocycles. The zero-order chi connectivity index (χ0) is 18.8. The van der Waals surface area contributed by atoms with E-state index in [0.717, 1.165) is 24.7 Å². The molecule has 0 fully saturated rings. The average molecular weight is 356 g/mol. The Morgan fingerprint density at radius 2 is 1.58 bits per heavy atom. The second kappa shape index (κ2) is 9.88. The third-order valence-electron chi connectivity index (χ3n) is 3.28. The number of benzene rings is 2. The molecule has 6 heteroatoms. The van der Waals surface area contributed by atoms with Gasteiger partial charge in [-0.2, -0.15) is 0 Å². The standard InChI is InChI=1S/C20H20O6/c1-3-5-14-23-16-10-12-17(13-11-16)24-20(22)15-6-8-18(9-7-15)25-26-19(21)4-2/h4,6-13H,2-3,5,14H2,1H3. The van der Waals surface area contributed by atoms with Crippen LogP contribution in [0.1, 0.15) is 30.1 Å². The van der Waals surface area contributed by atoms with Crippen molar-refractivity contribution >= 4 is 11.9 Å². The molecular formula is C20H20O6. The molecule has 0 aliphatic carbocycles. The molecule has 6 nitrogen and oxygen atoms in total. The fourth-order valence-corrected chi connectivity index (χ4v) is 1.87. The fourth-order valence-electron chi connectivity index (χ4n) is 1.87. The quantitative estimate of drug-likeness (QED) is 0.168. The van der Waals surface area contributed by atoms with Gasteiger partial charge in [0.1, 0.15) is 11.5 Å². The van der Waals surface area contributed by atoms with E-state index in [-0.39, 0.29) is 5.75 Å². The van der Waals surface area contributed by atoms with E-state index in [2.05, 4.69) is 18.4 Å². The van der Waals surface area contributed by atoms with Gasteiger partial charge < -0.3 is 9.47 Å². The number of carbonyl (C=O) groups excluding carboxylic acids is 2. The molecule has 0 heterocycles. The van der Waals surface area contributed by atoms with Crippen LogP contribution < -0.4 is 14.4 Å². The lowest BCUT2D eigenvalue weighted by Crippen LogP contribution is -2.09. The summed E-state index contributed by atoms with van der Waals surface area (Å²) in [6, 6.07) is 12.8. The van der Waals surface area contributed by atoms with Gasteiger partial charge in [0.2, 0.25) is 0 Å². The molecule has 0 aliphatic heterocycles. The Balaban J connectivity index is 1.88. The number of rotatable bonds is 9. The second-order valence-corrected chi connectivity index (χ2v) is 5.28. The van der Waals surface area contributed by atoms with Crippen LogP contribution >= 0.6 is 0 Å². The summed E-state index contributed by atoms with van der Waals surface area (Å²) >= 11 is 0. The highest BCUT2D eigenvalue weighted by molar-refractivity contribution is 5.91. The fraction of sp³-hybridized carbons (Fsp3) is 0.200. The zero-order valence-corrected chi connectivity index (χ0v) is 14.5. The van der Waals surface area contributed by atoms with E-state index >= 15 is 0 Å². The van der Waals surface area contributed by atoms with Gasteiger partial charge in [-0.05, 0) is 55.0 Å². The molecule has 0 bridgehead atoms. The maximum Gasteiger partial charge on any atom is 0.378 e. The predicted octanol–water partition coefficient (Wildman–Crippen LogP) is 4.11. The summed E-state index contributed by atoms with van der Waals surface area (Å²) in [7, 11) is 0. The normalized spacial score (nSPS) is 9.88. The number of hydrogen-bond acceptors (Lipinski definition) is 6. The van der Waals surface area contributed by atoms with Crippen LogP contribution in [-0.4, -0.2) is 18.5 Å². The van der Waals surface area contributed by atoms with E-state index in [1.807, 2.05) is 0 Å². The molecule has 0 atom stereocenters.